The quantitative estimate of drug-likeness (QED) is 0.366. The van der Waals surface area contributed by atoms with Gasteiger partial charge in [-0.2, -0.15) is 11.8 Å². The first-order valence-corrected chi connectivity index (χ1v) is 16.2. The van der Waals surface area contributed by atoms with Gasteiger partial charge in [-0.3, -0.25) is 4.79 Å². The molecule has 4 fully saturated rings. The number of thioether (sulfide) groups is 1. The van der Waals surface area contributed by atoms with E-state index in [-0.39, 0.29) is 34.9 Å². The molecule has 3 N–H and O–H groups in total. The number of hydrogen-bond acceptors (Lipinski definition) is 6. The van der Waals surface area contributed by atoms with Gasteiger partial charge in [0.1, 0.15) is 6.04 Å². The molecular formula is C30H51NO5S. The molecule has 212 valence electrons. The zero-order valence-corrected chi connectivity index (χ0v) is 24.5. The van der Waals surface area contributed by atoms with Gasteiger partial charge in [-0.25, -0.2) is 4.79 Å². The Labute approximate surface area is 228 Å². The van der Waals surface area contributed by atoms with Crippen LogP contribution in [0.5, 0.6) is 0 Å². The number of hydrogen-bond donors (Lipinski definition) is 3. The van der Waals surface area contributed by atoms with E-state index in [1.165, 1.54) is 26.4 Å². The highest BCUT2D eigenvalue weighted by atomic mass is 32.2. The molecule has 37 heavy (non-hydrogen) atoms. The Morgan fingerprint density at radius 3 is 2.51 bits per heavy atom. The highest BCUT2D eigenvalue weighted by Gasteiger charge is 2.63. The largest absolute Gasteiger partial charge is 0.467 e. The van der Waals surface area contributed by atoms with E-state index >= 15 is 0 Å². The summed E-state index contributed by atoms with van der Waals surface area (Å²) >= 11 is 1.65. The van der Waals surface area contributed by atoms with Crippen LogP contribution in [0.2, 0.25) is 0 Å². The van der Waals surface area contributed by atoms with Crippen molar-refractivity contribution in [2.24, 2.45) is 46.3 Å². The van der Waals surface area contributed by atoms with Crippen LogP contribution in [0, 0.1) is 46.3 Å². The van der Waals surface area contributed by atoms with Crippen molar-refractivity contribution >= 4 is 23.6 Å². The highest BCUT2D eigenvalue weighted by molar-refractivity contribution is 7.98. The SMILES string of the molecule is COC(=O)C(CCSC)NC(=O)CC[C@@H](C)[C@H]1CC[C@H]2[C@@H]3CC[C@@H]4C[C@H](O)CC[C@]4(C)[C@H]3C[C@H](O)[C@]12C. The summed E-state index contributed by atoms with van der Waals surface area (Å²) in [6.07, 6.45) is 11.9. The molecule has 11 atom stereocenters. The molecule has 4 saturated carbocycles. The maximum atomic E-state index is 12.8. The Morgan fingerprint density at radius 1 is 1.05 bits per heavy atom. The second-order valence-corrected chi connectivity index (χ2v) is 14.3. The number of rotatable bonds is 9. The molecule has 0 spiro atoms. The van der Waals surface area contributed by atoms with Crippen molar-refractivity contribution in [1.82, 2.24) is 5.32 Å². The first kappa shape index (κ1) is 29.2. The fourth-order valence-electron chi connectivity index (χ4n) is 9.61. The molecule has 0 aromatic rings. The Kier molecular flexibility index (Phi) is 9.28. The van der Waals surface area contributed by atoms with Crippen LogP contribution in [0.4, 0.5) is 0 Å². The number of carbonyl (C=O) groups is 2. The normalized spacial score (nSPS) is 42.6. The molecule has 1 unspecified atom stereocenters. The average molecular weight is 538 g/mol. The molecule has 4 aliphatic rings. The third-order valence-electron chi connectivity index (χ3n) is 11.8. The number of ether oxygens (including phenoxy) is 1. The summed E-state index contributed by atoms with van der Waals surface area (Å²) in [7, 11) is 1.37. The summed E-state index contributed by atoms with van der Waals surface area (Å²) in [5.74, 6) is 3.44. The molecule has 7 heteroatoms. The second-order valence-electron chi connectivity index (χ2n) is 13.3. The number of aliphatic hydroxyl groups excluding tert-OH is 2. The third-order valence-corrected chi connectivity index (χ3v) is 12.4. The molecular weight excluding hydrogens is 486 g/mol. The van der Waals surface area contributed by atoms with Crippen molar-refractivity contribution in [1.29, 1.82) is 0 Å². The van der Waals surface area contributed by atoms with Gasteiger partial charge in [0.2, 0.25) is 5.91 Å². The van der Waals surface area contributed by atoms with Gasteiger partial charge in [0.05, 0.1) is 19.3 Å². The molecule has 4 aliphatic carbocycles. The van der Waals surface area contributed by atoms with Crippen LogP contribution in [0.25, 0.3) is 0 Å². The van der Waals surface area contributed by atoms with Crippen LogP contribution >= 0.6 is 11.8 Å². The molecule has 0 heterocycles. The maximum absolute atomic E-state index is 12.8. The van der Waals surface area contributed by atoms with E-state index in [4.69, 9.17) is 4.74 Å². The van der Waals surface area contributed by atoms with Crippen molar-refractivity contribution in [3.8, 4) is 0 Å². The summed E-state index contributed by atoms with van der Waals surface area (Å²) in [4.78, 5) is 24.9. The van der Waals surface area contributed by atoms with Crippen LogP contribution in [0.3, 0.4) is 0 Å². The Morgan fingerprint density at radius 2 is 1.81 bits per heavy atom. The maximum Gasteiger partial charge on any atom is 0.328 e. The van der Waals surface area contributed by atoms with Gasteiger partial charge in [0, 0.05) is 6.42 Å². The zero-order valence-electron chi connectivity index (χ0n) is 23.7. The monoisotopic (exact) mass is 537 g/mol. The van der Waals surface area contributed by atoms with Crippen LogP contribution < -0.4 is 5.32 Å². The predicted molar refractivity (Wildman–Crippen MR) is 148 cm³/mol. The van der Waals surface area contributed by atoms with Crippen LogP contribution in [0.1, 0.15) is 91.4 Å². The van der Waals surface area contributed by atoms with Gasteiger partial charge in [-0.05, 0) is 123 Å². The number of carbonyl (C=O) groups excluding carboxylic acids is 2. The fraction of sp³-hybridized carbons (Fsp3) is 0.933. The predicted octanol–water partition coefficient (Wildman–Crippen LogP) is 4.80. The van der Waals surface area contributed by atoms with E-state index in [0.29, 0.717) is 48.3 Å². The molecule has 0 aromatic carbocycles. The molecule has 0 aliphatic heterocycles. The number of esters is 1. The topological polar surface area (TPSA) is 95.9 Å². The number of aliphatic hydroxyl groups is 2. The van der Waals surface area contributed by atoms with Crippen LogP contribution in [-0.2, 0) is 14.3 Å². The zero-order chi connectivity index (χ0) is 27.0. The smallest absolute Gasteiger partial charge is 0.328 e. The number of amides is 1. The lowest BCUT2D eigenvalue weighted by Crippen LogP contribution is -2.58. The Balaban J connectivity index is 1.39. The molecule has 1 amide bonds. The Bertz CT molecular complexity index is 824. The number of fused-ring (bicyclic) bond motifs is 5. The summed E-state index contributed by atoms with van der Waals surface area (Å²) < 4.78 is 4.89. The number of methoxy groups -OCH3 is 1. The van der Waals surface area contributed by atoms with Gasteiger partial charge in [0.25, 0.3) is 0 Å². The first-order valence-electron chi connectivity index (χ1n) is 14.8. The summed E-state index contributed by atoms with van der Waals surface area (Å²) in [6, 6.07) is -0.580. The van der Waals surface area contributed by atoms with Crippen molar-refractivity contribution in [3.63, 3.8) is 0 Å². The molecule has 4 rings (SSSR count). The summed E-state index contributed by atoms with van der Waals surface area (Å²) in [6.45, 7) is 7.07. The summed E-state index contributed by atoms with van der Waals surface area (Å²) in [5, 5.41) is 24.9. The fourth-order valence-corrected chi connectivity index (χ4v) is 10.1. The lowest BCUT2D eigenvalue weighted by molar-refractivity contribution is -0.175. The molecule has 0 radical (unpaired) electrons. The van der Waals surface area contributed by atoms with Gasteiger partial charge in [-0.15, -0.1) is 0 Å². The molecule has 0 bridgehead atoms. The van der Waals surface area contributed by atoms with E-state index in [2.05, 4.69) is 26.1 Å². The van der Waals surface area contributed by atoms with Gasteiger partial charge in [0.15, 0.2) is 0 Å². The molecule has 0 saturated heterocycles. The van der Waals surface area contributed by atoms with E-state index < -0.39 is 6.04 Å². The van der Waals surface area contributed by atoms with Crippen molar-refractivity contribution in [2.75, 3.05) is 19.1 Å². The summed E-state index contributed by atoms with van der Waals surface area (Å²) in [5.41, 5.74) is 0.153. The third kappa shape index (κ3) is 5.48. The number of nitrogens with one attached hydrogen (secondary N) is 1. The van der Waals surface area contributed by atoms with E-state index in [9.17, 15) is 19.8 Å². The van der Waals surface area contributed by atoms with Crippen molar-refractivity contribution in [3.05, 3.63) is 0 Å². The standard InChI is InChI=1S/C30H51NO5S/c1-18(6-11-27(34)31-25(13-15-37-5)28(35)36-4)22-9-10-23-21-8-7-19-16-20(32)12-14-29(19,2)24(21)17-26(33)30(22,23)3/h18-26,32-33H,6-17H2,1-5H3,(H,31,34)/t18-,19-,20-,21+,22-,23+,24+,25?,26+,29+,30-/m1/s1. The highest BCUT2D eigenvalue weighted by Crippen LogP contribution is 2.68. The lowest BCUT2D eigenvalue weighted by Gasteiger charge is -2.62. The minimum atomic E-state index is -0.580. The van der Waals surface area contributed by atoms with Gasteiger partial charge < -0.3 is 20.3 Å². The van der Waals surface area contributed by atoms with Crippen molar-refractivity contribution < 1.29 is 24.5 Å². The molecule has 0 aromatic heterocycles. The van der Waals surface area contributed by atoms with Gasteiger partial charge >= 0.3 is 5.97 Å². The van der Waals surface area contributed by atoms with E-state index in [1.54, 1.807) is 11.8 Å². The minimum absolute atomic E-state index is 0.0851. The van der Waals surface area contributed by atoms with E-state index in [0.717, 1.165) is 44.3 Å². The van der Waals surface area contributed by atoms with Gasteiger partial charge in [-0.1, -0.05) is 20.8 Å². The average Bonchev–Trinajstić information content (AvgIpc) is 3.24. The van der Waals surface area contributed by atoms with Crippen LogP contribution in [0.15, 0.2) is 0 Å². The first-order chi connectivity index (χ1) is 17.6. The van der Waals surface area contributed by atoms with E-state index in [1.807, 2.05) is 6.26 Å². The Hall–Kier alpha value is -0.790. The minimum Gasteiger partial charge on any atom is -0.467 e. The molecule has 6 nitrogen and oxygen atoms in total. The van der Waals surface area contributed by atoms with Crippen LogP contribution in [-0.4, -0.2) is 59.5 Å². The van der Waals surface area contributed by atoms with Crippen molar-refractivity contribution in [2.45, 2.75) is 110 Å². The lowest BCUT2D eigenvalue weighted by atomic mass is 9.43. The second kappa shape index (κ2) is 11.8.